The van der Waals surface area contributed by atoms with E-state index < -0.39 is 5.97 Å². The lowest BCUT2D eigenvalue weighted by molar-refractivity contribution is -0.138. The predicted molar refractivity (Wildman–Crippen MR) is 79.2 cm³/mol. The fourth-order valence-electron chi connectivity index (χ4n) is 1.90. The van der Waals surface area contributed by atoms with Crippen LogP contribution in [0.15, 0.2) is 29.2 Å². The fraction of sp³-hybridized carbons (Fsp3) is 0.429. The molecule has 0 aliphatic heterocycles. The number of benzene rings is 1. The van der Waals surface area contributed by atoms with Crippen LogP contribution in [-0.4, -0.2) is 40.2 Å². The molecular formula is C14H16ClNO3S. The Hall–Kier alpha value is -1.20. The molecule has 2 rings (SSSR count). The summed E-state index contributed by atoms with van der Waals surface area (Å²) in [7, 11) is 0. The number of carbonyl (C=O) groups is 2. The smallest absolute Gasteiger partial charge is 0.305 e. The number of thioether (sulfide) groups is 1. The van der Waals surface area contributed by atoms with Gasteiger partial charge in [-0.25, -0.2) is 0 Å². The first-order valence-corrected chi connectivity index (χ1v) is 7.83. The zero-order valence-electron chi connectivity index (χ0n) is 10.9. The number of hydrogen-bond donors (Lipinski definition) is 1. The van der Waals surface area contributed by atoms with Crippen LogP contribution in [0.3, 0.4) is 0 Å². The van der Waals surface area contributed by atoms with Crippen LogP contribution in [0.4, 0.5) is 0 Å². The largest absolute Gasteiger partial charge is 0.481 e. The van der Waals surface area contributed by atoms with Gasteiger partial charge in [0.2, 0.25) is 5.91 Å². The number of carboxylic acids is 1. The Morgan fingerprint density at radius 3 is 2.65 bits per heavy atom. The number of carboxylic acid groups (broad SMARTS) is 1. The van der Waals surface area contributed by atoms with Gasteiger partial charge < -0.3 is 10.0 Å². The Kier molecular flexibility index (Phi) is 5.31. The van der Waals surface area contributed by atoms with Crippen molar-refractivity contribution in [2.24, 2.45) is 0 Å². The minimum Gasteiger partial charge on any atom is -0.481 e. The highest BCUT2D eigenvalue weighted by Crippen LogP contribution is 2.30. The van der Waals surface area contributed by atoms with Crippen molar-refractivity contribution < 1.29 is 14.7 Å². The molecule has 0 aromatic heterocycles. The molecular weight excluding hydrogens is 298 g/mol. The SMILES string of the molecule is O=C(O)CCN(C(=O)CSc1ccccc1Cl)C1CC1. The van der Waals surface area contributed by atoms with E-state index in [4.69, 9.17) is 16.7 Å². The Balaban J connectivity index is 1.88. The molecule has 0 saturated heterocycles. The van der Waals surface area contributed by atoms with Gasteiger partial charge in [-0.05, 0) is 25.0 Å². The van der Waals surface area contributed by atoms with Crippen molar-refractivity contribution in [1.82, 2.24) is 4.90 Å². The third-order valence-electron chi connectivity index (χ3n) is 3.06. The van der Waals surface area contributed by atoms with Crippen molar-refractivity contribution in [3.8, 4) is 0 Å². The quantitative estimate of drug-likeness (QED) is 0.786. The lowest BCUT2D eigenvalue weighted by atomic mass is 10.3. The first kappa shape index (κ1) is 15.2. The summed E-state index contributed by atoms with van der Waals surface area (Å²) in [5, 5.41) is 9.36. The van der Waals surface area contributed by atoms with Crippen molar-refractivity contribution in [2.75, 3.05) is 12.3 Å². The summed E-state index contributed by atoms with van der Waals surface area (Å²) in [6.07, 6.45) is 1.95. The van der Waals surface area contributed by atoms with Crippen molar-refractivity contribution in [1.29, 1.82) is 0 Å². The number of carbonyl (C=O) groups excluding carboxylic acids is 1. The minimum absolute atomic E-state index is 0.000992. The van der Waals surface area contributed by atoms with E-state index in [-0.39, 0.29) is 18.4 Å². The van der Waals surface area contributed by atoms with E-state index in [1.54, 1.807) is 11.0 Å². The predicted octanol–water partition coefficient (Wildman–Crippen LogP) is 2.90. The average Bonchev–Trinajstić information content (AvgIpc) is 3.22. The van der Waals surface area contributed by atoms with Gasteiger partial charge in [0, 0.05) is 17.5 Å². The summed E-state index contributed by atoms with van der Waals surface area (Å²) in [4.78, 5) is 25.4. The molecule has 0 heterocycles. The van der Waals surface area contributed by atoms with Crippen LogP contribution in [0.2, 0.25) is 5.02 Å². The van der Waals surface area contributed by atoms with E-state index in [1.165, 1.54) is 11.8 Å². The van der Waals surface area contributed by atoms with E-state index in [9.17, 15) is 9.59 Å². The first-order valence-electron chi connectivity index (χ1n) is 6.46. The summed E-state index contributed by atoms with van der Waals surface area (Å²) < 4.78 is 0. The van der Waals surface area contributed by atoms with Crippen LogP contribution in [0.1, 0.15) is 19.3 Å². The molecule has 1 N–H and O–H groups in total. The zero-order valence-corrected chi connectivity index (χ0v) is 12.5. The summed E-state index contributed by atoms with van der Waals surface area (Å²) in [5.41, 5.74) is 0. The molecule has 1 aromatic rings. The molecule has 1 aliphatic rings. The second-order valence-electron chi connectivity index (χ2n) is 4.68. The van der Waals surface area contributed by atoms with Crippen molar-refractivity contribution in [3.05, 3.63) is 29.3 Å². The number of amides is 1. The standard InChI is InChI=1S/C14H16ClNO3S/c15-11-3-1-2-4-12(11)20-9-13(17)16(10-5-6-10)8-7-14(18)19/h1-4,10H,5-9H2,(H,18,19). The lowest BCUT2D eigenvalue weighted by Crippen LogP contribution is -2.36. The number of rotatable bonds is 7. The van der Waals surface area contributed by atoms with E-state index >= 15 is 0 Å². The zero-order chi connectivity index (χ0) is 14.5. The van der Waals surface area contributed by atoms with Crippen LogP contribution in [-0.2, 0) is 9.59 Å². The Bertz CT molecular complexity index is 505. The van der Waals surface area contributed by atoms with Crippen LogP contribution >= 0.6 is 23.4 Å². The van der Waals surface area contributed by atoms with Gasteiger partial charge in [-0.3, -0.25) is 9.59 Å². The van der Waals surface area contributed by atoms with Crippen molar-refractivity contribution in [2.45, 2.75) is 30.2 Å². The van der Waals surface area contributed by atoms with Crippen molar-refractivity contribution >= 4 is 35.2 Å². The summed E-state index contributed by atoms with van der Waals surface area (Å²) >= 11 is 7.43. The lowest BCUT2D eigenvalue weighted by Gasteiger charge is -2.21. The molecule has 0 bridgehead atoms. The Labute approximate surface area is 127 Å². The Morgan fingerprint density at radius 1 is 1.35 bits per heavy atom. The number of hydrogen-bond acceptors (Lipinski definition) is 3. The van der Waals surface area contributed by atoms with Crippen molar-refractivity contribution in [3.63, 3.8) is 0 Å². The molecule has 1 aromatic carbocycles. The summed E-state index contributed by atoms with van der Waals surface area (Å²) in [6, 6.07) is 7.61. The summed E-state index contributed by atoms with van der Waals surface area (Å²) in [5.74, 6) is -0.597. The molecule has 6 heteroatoms. The van der Waals surface area contributed by atoms with Gasteiger partial charge in [-0.2, -0.15) is 0 Å². The number of halogens is 1. The van der Waals surface area contributed by atoms with Gasteiger partial charge in [0.15, 0.2) is 0 Å². The molecule has 1 fully saturated rings. The van der Waals surface area contributed by atoms with Gasteiger partial charge in [0.1, 0.15) is 0 Å². The second-order valence-corrected chi connectivity index (χ2v) is 6.11. The maximum absolute atomic E-state index is 12.2. The van der Waals surface area contributed by atoms with E-state index in [0.29, 0.717) is 17.3 Å². The fourth-order valence-corrected chi connectivity index (χ4v) is 3.02. The van der Waals surface area contributed by atoms with Crippen LogP contribution in [0.5, 0.6) is 0 Å². The molecule has 1 saturated carbocycles. The molecule has 0 spiro atoms. The number of aliphatic carboxylic acids is 1. The highest BCUT2D eigenvalue weighted by molar-refractivity contribution is 8.00. The minimum atomic E-state index is -0.873. The molecule has 20 heavy (non-hydrogen) atoms. The molecule has 1 aliphatic carbocycles. The monoisotopic (exact) mass is 313 g/mol. The van der Waals surface area contributed by atoms with Crippen LogP contribution in [0, 0.1) is 0 Å². The topological polar surface area (TPSA) is 57.6 Å². The first-order chi connectivity index (χ1) is 9.58. The highest BCUT2D eigenvalue weighted by atomic mass is 35.5. The maximum Gasteiger partial charge on any atom is 0.305 e. The Morgan fingerprint density at radius 2 is 2.05 bits per heavy atom. The van der Waals surface area contributed by atoms with Gasteiger partial charge in [0.05, 0.1) is 17.2 Å². The number of nitrogens with zero attached hydrogens (tertiary/aromatic N) is 1. The third kappa shape index (κ3) is 4.42. The molecule has 0 radical (unpaired) electrons. The molecule has 108 valence electrons. The van der Waals surface area contributed by atoms with Gasteiger partial charge in [0.25, 0.3) is 0 Å². The molecule has 4 nitrogen and oxygen atoms in total. The third-order valence-corrected chi connectivity index (χ3v) is 4.56. The summed E-state index contributed by atoms with van der Waals surface area (Å²) in [6.45, 7) is 0.294. The van der Waals surface area contributed by atoms with E-state index in [0.717, 1.165) is 17.7 Å². The second kappa shape index (κ2) is 6.99. The maximum atomic E-state index is 12.2. The average molecular weight is 314 g/mol. The molecule has 1 amide bonds. The van der Waals surface area contributed by atoms with Gasteiger partial charge in [-0.1, -0.05) is 23.7 Å². The normalized spacial score (nSPS) is 14.1. The van der Waals surface area contributed by atoms with Gasteiger partial charge in [-0.15, -0.1) is 11.8 Å². The van der Waals surface area contributed by atoms with E-state index in [1.807, 2.05) is 18.2 Å². The van der Waals surface area contributed by atoms with Crippen LogP contribution < -0.4 is 0 Å². The van der Waals surface area contributed by atoms with Gasteiger partial charge >= 0.3 is 5.97 Å². The van der Waals surface area contributed by atoms with Crippen LogP contribution in [0.25, 0.3) is 0 Å². The molecule has 0 unspecified atom stereocenters. The van der Waals surface area contributed by atoms with E-state index in [2.05, 4.69) is 0 Å². The molecule has 0 atom stereocenters. The highest BCUT2D eigenvalue weighted by Gasteiger charge is 2.32.